The average molecular weight is 1060 g/mol. The lowest BCUT2D eigenvalue weighted by atomic mass is 9.91. The van der Waals surface area contributed by atoms with Crippen molar-refractivity contribution in [1.29, 1.82) is 0 Å². The van der Waals surface area contributed by atoms with Gasteiger partial charge in [-0.2, -0.15) is 0 Å². The summed E-state index contributed by atoms with van der Waals surface area (Å²) >= 11 is 0. The van der Waals surface area contributed by atoms with Gasteiger partial charge in [0.15, 0.2) is 6.23 Å². The van der Waals surface area contributed by atoms with Gasteiger partial charge in [0, 0.05) is 32.4 Å². The topological polar surface area (TPSA) is 391 Å². The molecule has 3 saturated heterocycles. The van der Waals surface area contributed by atoms with Crippen molar-refractivity contribution in [3.63, 3.8) is 0 Å². The Bertz CT molecular complexity index is 2100. The molecule has 15 N–H and O–H groups in total. The highest BCUT2D eigenvalue weighted by Gasteiger charge is 2.48. The number of unbranched alkanes of at least 4 members (excludes halogenated alkanes) is 5. The fourth-order valence-electron chi connectivity index (χ4n) is 10.0. The van der Waals surface area contributed by atoms with E-state index in [-0.39, 0.29) is 30.7 Å². The third-order valence-electron chi connectivity index (χ3n) is 14.5. The molecule has 1 aromatic rings. The van der Waals surface area contributed by atoms with E-state index in [0.29, 0.717) is 24.7 Å². The van der Waals surface area contributed by atoms with E-state index in [4.69, 9.17) is 5.73 Å². The highest BCUT2D eigenvalue weighted by molar-refractivity contribution is 5.98. The highest BCUT2D eigenvalue weighted by Crippen LogP contribution is 2.28. The number of rotatable bonds is 20. The lowest BCUT2D eigenvalue weighted by Crippen LogP contribution is -2.64. The molecule has 75 heavy (non-hydrogen) atoms. The number of fused-ring (bicyclic) bond motifs is 2. The fraction of sp³-hybridized carbons (Fsp3) is 0.725. The van der Waals surface area contributed by atoms with Crippen molar-refractivity contribution in [3.8, 4) is 5.75 Å². The molecule has 0 bridgehead atoms. The van der Waals surface area contributed by atoms with Gasteiger partial charge in [0.05, 0.1) is 24.7 Å². The smallest absolute Gasteiger partial charge is 0.248 e. The van der Waals surface area contributed by atoms with Gasteiger partial charge in [-0.05, 0) is 61.6 Å². The van der Waals surface area contributed by atoms with Crippen LogP contribution in [0.15, 0.2) is 24.3 Å². The Kier molecular flexibility index (Phi) is 24.1. The molecule has 1 aromatic carbocycles. The molecule has 16 atom stereocenters. The number of phenolic OH excluding ortho intramolecular Hbond substituents is 1. The third kappa shape index (κ3) is 18.1. The van der Waals surface area contributed by atoms with Gasteiger partial charge in [0.2, 0.25) is 47.3 Å². The van der Waals surface area contributed by atoms with Crippen LogP contribution in [0.5, 0.6) is 5.75 Å². The molecule has 16 unspecified atom stereocenters. The molecule has 0 radical (unpaired) electrons. The molecule has 0 aromatic heterocycles. The molecule has 0 saturated carbocycles. The number of amides is 8. The summed E-state index contributed by atoms with van der Waals surface area (Å²) in [5, 5.41) is 100.0. The Balaban J connectivity index is 1.69. The number of primary amides is 1. The van der Waals surface area contributed by atoms with E-state index in [9.17, 15) is 79.2 Å². The van der Waals surface area contributed by atoms with E-state index >= 15 is 0 Å². The van der Waals surface area contributed by atoms with E-state index in [2.05, 4.69) is 47.4 Å². The number of phenols is 1. The maximum absolute atomic E-state index is 14.5. The van der Waals surface area contributed by atoms with E-state index in [1.807, 2.05) is 0 Å². The Morgan fingerprint density at radius 3 is 1.89 bits per heavy atom. The number of nitrogens with one attached hydrogen (secondary N) is 5. The normalized spacial score (nSPS) is 29.0. The van der Waals surface area contributed by atoms with Crippen molar-refractivity contribution < 1.29 is 79.2 Å². The zero-order valence-corrected chi connectivity index (χ0v) is 43.7. The molecular weight excluding hydrogens is 981 g/mol. The number of hydrogen-bond donors (Lipinski definition) is 14. The maximum atomic E-state index is 14.5. The first-order valence-electron chi connectivity index (χ1n) is 26.3. The van der Waals surface area contributed by atoms with Crippen LogP contribution in [-0.4, -0.2) is 184 Å². The van der Waals surface area contributed by atoms with Gasteiger partial charge in [-0.3, -0.25) is 38.4 Å². The highest BCUT2D eigenvalue weighted by atomic mass is 16.3. The summed E-state index contributed by atoms with van der Waals surface area (Å²) in [5.74, 6) is -8.34. The second-order valence-corrected chi connectivity index (χ2v) is 21.1. The Hall–Kier alpha value is -5.50. The van der Waals surface area contributed by atoms with E-state index in [1.165, 1.54) is 18.6 Å². The first kappa shape index (κ1) is 62.0. The lowest BCUT2D eigenvalue weighted by Gasteiger charge is -2.34. The number of nitrogens with two attached hydrogens (primary N) is 1. The number of aliphatic hydroxyl groups excluding tert-OH is 7. The summed E-state index contributed by atoms with van der Waals surface area (Å²) in [7, 11) is 0. The van der Waals surface area contributed by atoms with Crippen LogP contribution >= 0.6 is 0 Å². The van der Waals surface area contributed by atoms with Crippen LogP contribution in [-0.2, 0) is 38.4 Å². The molecular formula is C51H82N8O16. The average Bonchev–Trinajstić information content (AvgIpc) is 3.95. The van der Waals surface area contributed by atoms with Crippen LogP contribution in [0.25, 0.3) is 0 Å². The molecule has 4 rings (SSSR count). The fourth-order valence-corrected chi connectivity index (χ4v) is 10.0. The largest absolute Gasteiger partial charge is 0.508 e. The molecule has 0 aliphatic carbocycles. The van der Waals surface area contributed by atoms with E-state index < -0.39 is 158 Å². The Morgan fingerprint density at radius 2 is 1.27 bits per heavy atom. The molecule has 422 valence electrons. The van der Waals surface area contributed by atoms with Crippen LogP contribution in [0.3, 0.4) is 0 Å². The van der Waals surface area contributed by atoms with Crippen molar-refractivity contribution in [1.82, 2.24) is 36.4 Å². The molecule has 0 spiro atoms. The molecule has 3 aliphatic heterocycles. The number of aliphatic hydroxyl groups is 7. The zero-order valence-electron chi connectivity index (χ0n) is 43.7. The van der Waals surface area contributed by atoms with Crippen LogP contribution < -0.4 is 32.3 Å². The minimum Gasteiger partial charge on any atom is -0.508 e. The number of benzene rings is 1. The predicted octanol–water partition coefficient (Wildman–Crippen LogP) is -2.07. The third-order valence-corrected chi connectivity index (χ3v) is 14.5. The van der Waals surface area contributed by atoms with Crippen molar-refractivity contribution >= 4 is 47.3 Å². The Labute approximate surface area is 437 Å². The number of carbonyl (C=O) groups is 8. The second-order valence-electron chi connectivity index (χ2n) is 21.1. The predicted molar refractivity (Wildman–Crippen MR) is 269 cm³/mol. The first-order chi connectivity index (χ1) is 35.3. The lowest BCUT2D eigenvalue weighted by molar-refractivity contribution is -0.148. The number of carbonyl (C=O) groups excluding carboxylic acids is 8. The van der Waals surface area contributed by atoms with Gasteiger partial charge < -0.3 is 83.0 Å². The standard InChI is InChI=1S/C51H82N8O16/c1-6-26(2)19-27(3)13-11-9-7-8-10-12-14-39(66)53-33-22-37(64)48(72)57-47(71)34-20-28(4)24-58(34)51(75)41(36(63)23-38(52)65)55-49(73)42(44(68)43(67)30-15-17-31(61)18-16-30)56-46(70)35-21-32(62)25-59(35)50(74)40(29(5)60)54-45(33)69/h15-18,26-29,32-37,40-44,48,60-64,67-68,72H,6-14,19-25H2,1-5H3,(H2,52,65)(H,53,66)(H,54,69)(H,55,73)(H,56,70)(H,57,71). The SMILES string of the molecule is CCC(C)CC(C)CCCCCCCCC(=O)NC1CC(O)C(O)NC(=O)C2CC(C)CN2C(=O)C(C(O)CC(N)=O)NC(=O)C(C(O)C(O)c2ccc(O)cc2)NC(=O)C2CC(O)CN2C(=O)C(C(C)O)NC1=O. The summed E-state index contributed by atoms with van der Waals surface area (Å²) in [5.41, 5.74) is 5.28. The monoisotopic (exact) mass is 1060 g/mol. The van der Waals surface area contributed by atoms with Crippen LogP contribution in [0.1, 0.15) is 136 Å². The van der Waals surface area contributed by atoms with Gasteiger partial charge in [0.25, 0.3) is 0 Å². The Morgan fingerprint density at radius 1 is 0.707 bits per heavy atom. The number of nitrogens with zero attached hydrogens (tertiary/aromatic N) is 2. The van der Waals surface area contributed by atoms with Gasteiger partial charge in [-0.25, -0.2) is 0 Å². The van der Waals surface area contributed by atoms with Gasteiger partial charge in [0.1, 0.15) is 60.3 Å². The van der Waals surface area contributed by atoms with Crippen molar-refractivity contribution in [3.05, 3.63) is 29.8 Å². The minimum absolute atomic E-state index is 0.0514. The minimum atomic E-state index is -2.32. The van der Waals surface area contributed by atoms with Crippen LogP contribution in [0.4, 0.5) is 0 Å². The maximum Gasteiger partial charge on any atom is 0.248 e. The number of aromatic hydroxyl groups is 1. The summed E-state index contributed by atoms with van der Waals surface area (Å²) in [6.45, 7) is 8.73. The summed E-state index contributed by atoms with van der Waals surface area (Å²) in [4.78, 5) is 113. The van der Waals surface area contributed by atoms with E-state index in [1.54, 1.807) is 6.92 Å². The van der Waals surface area contributed by atoms with Crippen LogP contribution in [0.2, 0.25) is 0 Å². The second kappa shape index (κ2) is 29.1. The summed E-state index contributed by atoms with van der Waals surface area (Å²) < 4.78 is 0. The quantitative estimate of drug-likeness (QED) is 0.0624. The van der Waals surface area contributed by atoms with Crippen molar-refractivity contribution in [2.24, 2.45) is 23.5 Å². The van der Waals surface area contributed by atoms with Gasteiger partial charge in [-0.1, -0.05) is 84.8 Å². The molecule has 24 heteroatoms. The molecule has 3 aliphatic rings. The van der Waals surface area contributed by atoms with E-state index in [0.717, 1.165) is 67.4 Å². The molecule has 24 nitrogen and oxygen atoms in total. The molecule has 3 fully saturated rings. The van der Waals surface area contributed by atoms with Gasteiger partial charge >= 0.3 is 0 Å². The summed E-state index contributed by atoms with van der Waals surface area (Å²) in [6.07, 6.45) is -7.54. The van der Waals surface area contributed by atoms with Crippen molar-refractivity contribution in [2.45, 2.75) is 204 Å². The molecule has 3 heterocycles. The van der Waals surface area contributed by atoms with Crippen molar-refractivity contribution in [2.75, 3.05) is 13.1 Å². The molecule has 8 amide bonds. The summed E-state index contributed by atoms with van der Waals surface area (Å²) in [6, 6.07) is -6.57. The number of hydrogen-bond acceptors (Lipinski definition) is 16. The van der Waals surface area contributed by atoms with Crippen LogP contribution in [0, 0.1) is 17.8 Å². The first-order valence-corrected chi connectivity index (χ1v) is 26.3. The van der Waals surface area contributed by atoms with Gasteiger partial charge in [-0.15, -0.1) is 0 Å². The zero-order chi connectivity index (χ0) is 55.8.